The second kappa shape index (κ2) is 5.76. The first-order chi connectivity index (χ1) is 9.37. The highest BCUT2D eigenvalue weighted by Crippen LogP contribution is 2.36. The van der Waals surface area contributed by atoms with Crippen molar-refractivity contribution in [3.05, 3.63) is 12.1 Å². The quantitative estimate of drug-likeness (QED) is 0.722. The first kappa shape index (κ1) is 14.7. The van der Waals surface area contributed by atoms with E-state index in [1.54, 1.807) is 19.9 Å². The van der Waals surface area contributed by atoms with Gasteiger partial charge in [-0.3, -0.25) is 4.72 Å². The van der Waals surface area contributed by atoms with Gasteiger partial charge < -0.3 is 15.2 Å². The minimum absolute atomic E-state index is 0.214. The summed E-state index contributed by atoms with van der Waals surface area (Å²) in [5.41, 5.74) is 6.39. The molecule has 0 aromatic heterocycles. The second-order valence-electron chi connectivity index (χ2n) is 4.81. The van der Waals surface area contributed by atoms with Crippen LogP contribution in [0.3, 0.4) is 0 Å². The van der Waals surface area contributed by atoms with Gasteiger partial charge in [-0.15, -0.1) is 0 Å². The number of anilines is 2. The van der Waals surface area contributed by atoms with E-state index in [2.05, 4.69) is 9.44 Å². The third-order valence-corrected chi connectivity index (χ3v) is 3.83. The summed E-state index contributed by atoms with van der Waals surface area (Å²) in [6.45, 7) is 4.53. The van der Waals surface area contributed by atoms with Crippen LogP contribution in [0.5, 0.6) is 11.5 Å². The maximum Gasteiger partial charge on any atom is 0.299 e. The minimum Gasteiger partial charge on any atom is -0.489 e. The zero-order valence-corrected chi connectivity index (χ0v) is 12.3. The smallest absolute Gasteiger partial charge is 0.299 e. The summed E-state index contributed by atoms with van der Waals surface area (Å²) in [7, 11) is -3.67. The Morgan fingerprint density at radius 2 is 1.80 bits per heavy atom. The van der Waals surface area contributed by atoms with Gasteiger partial charge in [0.05, 0.1) is 24.6 Å². The lowest BCUT2D eigenvalue weighted by Gasteiger charge is -2.15. The number of hydrogen-bond donors (Lipinski definition) is 3. The molecule has 1 aromatic rings. The molecule has 0 atom stereocenters. The third kappa shape index (κ3) is 3.67. The van der Waals surface area contributed by atoms with E-state index in [9.17, 15) is 8.42 Å². The maximum atomic E-state index is 11.8. The molecule has 0 fully saturated rings. The molecule has 0 unspecified atom stereocenters. The first-order valence-corrected chi connectivity index (χ1v) is 7.85. The van der Waals surface area contributed by atoms with Gasteiger partial charge in [0.1, 0.15) is 0 Å². The molecule has 1 aromatic carbocycles. The third-order valence-electron chi connectivity index (χ3n) is 2.55. The molecule has 0 saturated carbocycles. The number of hydrogen-bond acceptors (Lipinski definition) is 5. The van der Waals surface area contributed by atoms with Crippen molar-refractivity contribution in [2.24, 2.45) is 0 Å². The molecule has 8 heteroatoms. The highest BCUT2D eigenvalue weighted by atomic mass is 32.2. The van der Waals surface area contributed by atoms with Gasteiger partial charge in [-0.2, -0.15) is 13.1 Å². The molecule has 0 bridgehead atoms. The molecule has 4 N–H and O–H groups in total. The number of nitrogens with one attached hydrogen (secondary N) is 2. The van der Waals surface area contributed by atoms with Crippen LogP contribution >= 0.6 is 0 Å². The van der Waals surface area contributed by atoms with Crippen LogP contribution in [-0.2, 0) is 10.2 Å². The Bertz CT molecular complexity index is 587. The number of benzene rings is 1. The molecule has 20 heavy (non-hydrogen) atoms. The van der Waals surface area contributed by atoms with Crippen LogP contribution in [0.2, 0.25) is 0 Å². The Labute approximate surface area is 118 Å². The predicted molar refractivity (Wildman–Crippen MR) is 77.3 cm³/mol. The van der Waals surface area contributed by atoms with E-state index in [1.165, 1.54) is 6.07 Å². The van der Waals surface area contributed by atoms with E-state index in [0.717, 1.165) is 6.42 Å². The number of rotatable bonds is 4. The average molecular weight is 301 g/mol. The van der Waals surface area contributed by atoms with Gasteiger partial charge in [0.15, 0.2) is 11.5 Å². The van der Waals surface area contributed by atoms with E-state index in [0.29, 0.717) is 24.7 Å². The molecule has 0 spiro atoms. The molecular weight excluding hydrogens is 282 g/mol. The Hall–Kier alpha value is -1.67. The van der Waals surface area contributed by atoms with Crippen LogP contribution < -0.4 is 24.7 Å². The molecule has 0 saturated heterocycles. The van der Waals surface area contributed by atoms with Gasteiger partial charge in [-0.25, -0.2) is 0 Å². The summed E-state index contributed by atoms with van der Waals surface area (Å²) in [5.74, 6) is 1.01. The van der Waals surface area contributed by atoms with E-state index in [1.807, 2.05) is 0 Å². The number of nitrogens with two attached hydrogens (primary N) is 1. The summed E-state index contributed by atoms with van der Waals surface area (Å²) >= 11 is 0. The first-order valence-electron chi connectivity index (χ1n) is 6.36. The van der Waals surface area contributed by atoms with Gasteiger partial charge in [0, 0.05) is 24.6 Å². The van der Waals surface area contributed by atoms with Gasteiger partial charge in [0.25, 0.3) is 10.2 Å². The summed E-state index contributed by atoms with van der Waals surface area (Å²) < 4.78 is 39.5. The van der Waals surface area contributed by atoms with E-state index in [-0.39, 0.29) is 17.4 Å². The molecule has 1 aliphatic rings. The zero-order chi connectivity index (χ0) is 14.8. The number of nitrogen functional groups attached to an aromatic ring is 1. The van der Waals surface area contributed by atoms with Crippen molar-refractivity contribution in [2.45, 2.75) is 26.3 Å². The summed E-state index contributed by atoms with van der Waals surface area (Å²) in [6.07, 6.45) is 0.768. The van der Waals surface area contributed by atoms with Crippen molar-refractivity contribution in [1.82, 2.24) is 4.72 Å². The Morgan fingerprint density at radius 3 is 2.40 bits per heavy atom. The lowest BCUT2D eigenvalue weighted by atomic mass is 10.2. The van der Waals surface area contributed by atoms with Crippen molar-refractivity contribution >= 4 is 21.6 Å². The van der Waals surface area contributed by atoms with Crippen molar-refractivity contribution in [1.29, 1.82) is 0 Å². The van der Waals surface area contributed by atoms with Crippen LogP contribution in [0.4, 0.5) is 11.4 Å². The van der Waals surface area contributed by atoms with Crippen LogP contribution in [-0.4, -0.2) is 27.7 Å². The van der Waals surface area contributed by atoms with Gasteiger partial charge in [-0.05, 0) is 13.8 Å². The van der Waals surface area contributed by atoms with Crippen LogP contribution in [0.15, 0.2) is 12.1 Å². The lowest BCUT2D eigenvalue weighted by Crippen LogP contribution is -2.35. The predicted octanol–water partition coefficient (Wildman–Crippen LogP) is 1.08. The van der Waals surface area contributed by atoms with Crippen LogP contribution in [0.1, 0.15) is 20.3 Å². The molecule has 1 heterocycles. The van der Waals surface area contributed by atoms with Crippen LogP contribution in [0.25, 0.3) is 0 Å². The molecule has 7 nitrogen and oxygen atoms in total. The van der Waals surface area contributed by atoms with Gasteiger partial charge in [-0.1, -0.05) is 0 Å². The molecule has 1 aliphatic heterocycles. The van der Waals surface area contributed by atoms with E-state index in [4.69, 9.17) is 15.2 Å². The second-order valence-corrected chi connectivity index (χ2v) is 6.26. The highest BCUT2D eigenvalue weighted by Gasteiger charge is 2.17. The van der Waals surface area contributed by atoms with Gasteiger partial charge in [0.2, 0.25) is 0 Å². The Morgan fingerprint density at radius 1 is 1.20 bits per heavy atom. The molecular formula is C12H19N3O4S. The van der Waals surface area contributed by atoms with Crippen molar-refractivity contribution < 1.29 is 17.9 Å². The molecule has 2 rings (SSSR count). The highest BCUT2D eigenvalue weighted by molar-refractivity contribution is 7.90. The Balaban J connectivity index is 2.27. The fourth-order valence-corrected chi connectivity index (χ4v) is 2.94. The van der Waals surface area contributed by atoms with E-state index < -0.39 is 10.2 Å². The van der Waals surface area contributed by atoms with E-state index >= 15 is 0 Å². The normalized spacial score (nSPS) is 14.9. The topological polar surface area (TPSA) is 103 Å². The zero-order valence-electron chi connectivity index (χ0n) is 11.5. The van der Waals surface area contributed by atoms with Crippen LogP contribution in [0, 0.1) is 0 Å². The van der Waals surface area contributed by atoms with Crippen molar-refractivity contribution in [3.8, 4) is 11.5 Å². The molecule has 0 amide bonds. The number of fused-ring (bicyclic) bond motifs is 1. The average Bonchev–Trinajstić information content (AvgIpc) is 2.52. The molecule has 0 aliphatic carbocycles. The fourth-order valence-electron chi connectivity index (χ4n) is 1.80. The Kier molecular flexibility index (Phi) is 4.24. The largest absolute Gasteiger partial charge is 0.489 e. The number of ether oxygens (including phenoxy) is 2. The molecule has 112 valence electrons. The summed E-state index contributed by atoms with van der Waals surface area (Å²) in [4.78, 5) is 0. The maximum absolute atomic E-state index is 11.8. The van der Waals surface area contributed by atoms with Crippen molar-refractivity contribution in [2.75, 3.05) is 23.7 Å². The summed E-state index contributed by atoms with van der Waals surface area (Å²) in [6, 6.07) is 2.89. The van der Waals surface area contributed by atoms with Gasteiger partial charge >= 0.3 is 0 Å². The SMILES string of the molecule is CC(C)NS(=O)(=O)Nc1cc2c(cc1N)OCCCO2. The molecule has 0 radical (unpaired) electrons. The van der Waals surface area contributed by atoms with Crippen molar-refractivity contribution in [3.63, 3.8) is 0 Å². The minimum atomic E-state index is -3.67. The monoisotopic (exact) mass is 301 g/mol. The summed E-state index contributed by atoms with van der Waals surface area (Å²) in [5, 5.41) is 0. The lowest BCUT2D eigenvalue weighted by molar-refractivity contribution is 0.297. The standard InChI is InChI=1S/C12H19N3O4S/c1-8(2)14-20(16,17)15-10-7-12-11(6-9(10)13)18-4-3-5-19-12/h6-8,14-15H,3-5,13H2,1-2H3. The fraction of sp³-hybridized carbons (Fsp3) is 0.500.